The van der Waals surface area contributed by atoms with Gasteiger partial charge in [-0.15, -0.1) is 0 Å². The van der Waals surface area contributed by atoms with E-state index < -0.39 is 0 Å². The van der Waals surface area contributed by atoms with E-state index >= 15 is 0 Å². The molecule has 0 radical (unpaired) electrons. The predicted molar refractivity (Wildman–Crippen MR) is 111 cm³/mol. The highest BCUT2D eigenvalue weighted by Crippen LogP contribution is 2.31. The maximum absolute atomic E-state index is 9.37. The lowest BCUT2D eigenvalue weighted by Crippen LogP contribution is -2.44. The Morgan fingerprint density at radius 3 is 2.63 bits per heavy atom. The minimum Gasteiger partial charge on any atom is -0.396 e. The average molecular weight is 377 g/mol. The lowest BCUT2D eigenvalue weighted by atomic mass is 9.84. The number of aliphatic hydroxyl groups is 1. The lowest BCUT2D eigenvalue weighted by molar-refractivity contribution is 0.127. The Kier molecular flexibility index (Phi) is 8.54. The summed E-state index contributed by atoms with van der Waals surface area (Å²) in [5.74, 6) is 0.784. The average Bonchev–Trinajstić information content (AvgIpc) is 3.12. The maximum atomic E-state index is 9.37. The van der Waals surface area contributed by atoms with Crippen molar-refractivity contribution >= 4 is 5.96 Å². The van der Waals surface area contributed by atoms with Gasteiger partial charge < -0.3 is 20.5 Å². The minimum atomic E-state index is 0.00422. The van der Waals surface area contributed by atoms with Gasteiger partial charge in [0.15, 0.2) is 5.96 Å². The molecule has 0 amide bonds. The first kappa shape index (κ1) is 21.7. The molecule has 1 heterocycles. The number of aliphatic imine (C=N–C) groups is 1. The molecular weight excluding hydrogens is 340 g/mol. The smallest absolute Gasteiger partial charge is 0.191 e. The van der Waals surface area contributed by atoms with Gasteiger partial charge in [0.2, 0.25) is 0 Å². The van der Waals surface area contributed by atoms with E-state index in [-0.39, 0.29) is 12.0 Å². The van der Waals surface area contributed by atoms with Crippen molar-refractivity contribution in [3.63, 3.8) is 0 Å². The van der Waals surface area contributed by atoms with Crippen molar-refractivity contribution in [3.8, 4) is 0 Å². The van der Waals surface area contributed by atoms with E-state index in [0.29, 0.717) is 12.6 Å². The monoisotopic (exact) mass is 376 g/mol. The molecule has 1 aromatic rings. The summed E-state index contributed by atoms with van der Waals surface area (Å²) in [7, 11) is 3.94. The number of guanidine groups is 1. The molecule has 1 atom stereocenters. The molecule has 0 spiro atoms. The van der Waals surface area contributed by atoms with Crippen LogP contribution in [0.2, 0.25) is 0 Å². The van der Waals surface area contributed by atoms with Crippen LogP contribution in [0.1, 0.15) is 37.8 Å². The Morgan fingerprint density at radius 1 is 1.30 bits per heavy atom. The van der Waals surface area contributed by atoms with E-state index in [4.69, 9.17) is 4.74 Å². The summed E-state index contributed by atoms with van der Waals surface area (Å²) in [6, 6.07) is 9.05. The van der Waals surface area contributed by atoms with Gasteiger partial charge >= 0.3 is 0 Å². The Hall–Kier alpha value is -1.63. The Morgan fingerprint density at radius 2 is 2.04 bits per heavy atom. The third-order valence-corrected chi connectivity index (χ3v) is 5.55. The first-order chi connectivity index (χ1) is 13.0. The van der Waals surface area contributed by atoms with Crippen LogP contribution in [0.5, 0.6) is 0 Å². The fourth-order valence-electron chi connectivity index (χ4n) is 3.32. The zero-order valence-corrected chi connectivity index (χ0v) is 17.3. The Balaban J connectivity index is 1.92. The van der Waals surface area contributed by atoms with Gasteiger partial charge in [0.25, 0.3) is 0 Å². The fraction of sp³-hybridized carbons (Fsp3) is 0.667. The van der Waals surface area contributed by atoms with Crippen LogP contribution in [0.25, 0.3) is 0 Å². The molecule has 0 aliphatic carbocycles. The second-order valence-corrected chi connectivity index (χ2v) is 7.83. The lowest BCUT2D eigenvalue weighted by Gasteiger charge is -2.28. The van der Waals surface area contributed by atoms with Gasteiger partial charge in [0.05, 0.1) is 6.61 Å². The van der Waals surface area contributed by atoms with Gasteiger partial charge in [-0.25, -0.2) is 0 Å². The molecule has 6 nitrogen and oxygen atoms in total. The summed E-state index contributed by atoms with van der Waals surface area (Å²) in [6.45, 7) is 8.48. The Bertz CT molecular complexity index is 598. The molecule has 152 valence electrons. The molecule has 1 saturated heterocycles. The molecule has 0 bridgehead atoms. The molecule has 6 heteroatoms. The molecule has 1 aliphatic heterocycles. The summed E-state index contributed by atoms with van der Waals surface area (Å²) in [5.41, 5.74) is 2.62. The molecule has 3 N–H and O–H groups in total. The van der Waals surface area contributed by atoms with Crippen LogP contribution < -0.4 is 10.6 Å². The quantitative estimate of drug-likeness (QED) is 0.454. The second-order valence-electron chi connectivity index (χ2n) is 7.83. The van der Waals surface area contributed by atoms with Gasteiger partial charge in [-0.3, -0.25) is 9.89 Å². The van der Waals surface area contributed by atoms with Crippen LogP contribution in [0.3, 0.4) is 0 Å². The number of aliphatic hydroxyl groups excluding tert-OH is 1. The summed E-state index contributed by atoms with van der Waals surface area (Å²) < 4.78 is 5.56. The number of nitrogens with zero attached hydrogens (tertiary/aromatic N) is 2. The summed E-state index contributed by atoms with van der Waals surface area (Å²) in [4.78, 5) is 6.69. The molecule has 0 saturated carbocycles. The molecule has 0 aromatic heterocycles. The highest BCUT2D eigenvalue weighted by atomic mass is 16.5. The number of hydrogen-bond donors (Lipinski definition) is 3. The molecule has 1 aliphatic rings. The summed E-state index contributed by atoms with van der Waals surface area (Å²) in [5, 5.41) is 16.2. The van der Waals surface area contributed by atoms with E-state index in [1.807, 2.05) is 0 Å². The van der Waals surface area contributed by atoms with Crippen molar-refractivity contribution in [1.82, 2.24) is 15.5 Å². The van der Waals surface area contributed by atoms with E-state index in [1.54, 1.807) is 7.05 Å². The number of benzene rings is 1. The van der Waals surface area contributed by atoms with Crippen LogP contribution in [0, 0.1) is 5.41 Å². The van der Waals surface area contributed by atoms with Crippen molar-refractivity contribution in [2.45, 2.75) is 45.8 Å². The standard InChI is InChI=1S/C21H36N4O2/c1-17(2)25(4)14-19-8-6-5-7-18(19)13-23-20(22-3)24-15-21(9-11-26)10-12-27-16-21/h5-8,17,26H,9-16H2,1-4H3,(H2,22,23,24). The summed E-state index contributed by atoms with van der Waals surface area (Å²) in [6.07, 6.45) is 1.73. The third kappa shape index (κ3) is 6.48. The zero-order valence-electron chi connectivity index (χ0n) is 17.3. The van der Waals surface area contributed by atoms with Crippen molar-refractivity contribution in [1.29, 1.82) is 0 Å². The number of rotatable bonds is 9. The van der Waals surface area contributed by atoms with Gasteiger partial charge in [-0.05, 0) is 44.9 Å². The van der Waals surface area contributed by atoms with Crippen LogP contribution in [-0.2, 0) is 17.8 Å². The topological polar surface area (TPSA) is 69.1 Å². The van der Waals surface area contributed by atoms with E-state index in [0.717, 1.165) is 45.0 Å². The Labute approximate surface area is 164 Å². The van der Waals surface area contributed by atoms with E-state index in [2.05, 4.69) is 65.7 Å². The predicted octanol–water partition coefficient (Wildman–Crippen LogP) is 1.98. The zero-order chi connectivity index (χ0) is 19.7. The number of hydrogen-bond acceptors (Lipinski definition) is 4. The molecule has 1 fully saturated rings. The molecule has 27 heavy (non-hydrogen) atoms. The van der Waals surface area contributed by atoms with E-state index in [9.17, 15) is 5.11 Å². The number of nitrogens with one attached hydrogen (secondary N) is 2. The first-order valence-corrected chi connectivity index (χ1v) is 9.90. The fourth-order valence-corrected chi connectivity index (χ4v) is 3.32. The largest absolute Gasteiger partial charge is 0.396 e. The maximum Gasteiger partial charge on any atom is 0.191 e. The van der Waals surface area contributed by atoms with Crippen molar-refractivity contribution in [2.75, 3.05) is 40.5 Å². The van der Waals surface area contributed by atoms with E-state index in [1.165, 1.54) is 11.1 Å². The minimum absolute atomic E-state index is 0.00422. The molecule has 1 aromatic carbocycles. The van der Waals surface area contributed by atoms with Crippen molar-refractivity contribution in [3.05, 3.63) is 35.4 Å². The molecular formula is C21H36N4O2. The second kappa shape index (κ2) is 10.6. The normalized spacial score (nSPS) is 20.5. The van der Waals surface area contributed by atoms with Gasteiger partial charge in [-0.1, -0.05) is 24.3 Å². The first-order valence-electron chi connectivity index (χ1n) is 9.90. The molecule has 2 rings (SSSR count). The van der Waals surface area contributed by atoms with Crippen LogP contribution in [0.4, 0.5) is 0 Å². The molecule has 1 unspecified atom stereocenters. The van der Waals surface area contributed by atoms with Crippen LogP contribution >= 0.6 is 0 Å². The van der Waals surface area contributed by atoms with Crippen LogP contribution in [-0.4, -0.2) is 62.5 Å². The van der Waals surface area contributed by atoms with Gasteiger partial charge in [0.1, 0.15) is 0 Å². The SMILES string of the molecule is CN=C(NCc1ccccc1CN(C)C(C)C)NCC1(CCO)CCOC1. The number of ether oxygens (including phenoxy) is 1. The highest BCUT2D eigenvalue weighted by molar-refractivity contribution is 5.79. The van der Waals surface area contributed by atoms with Gasteiger partial charge in [-0.2, -0.15) is 0 Å². The summed E-state index contributed by atoms with van der Waals surface area (Å²) >= 11 is 0. The van der Waals surface area contributed by atoms with Crippen molar-refractivity contribution in [2.24, 2.45) is 10.4 Å². The highest BCUT2D eigenvalue weighted by Gasteiger charge is 2.34. The van der Waals surface area contributed by atoms with Gasteiger partial charge in [0, 0.05) is 51.4 Å². The van der Waals surface area contributed by atoms with Crippen LogP contribution in [0.15, 0.2) is 29.3 Å². The van der Waals surface area contributed by atoms with Crippen molar-refractivity contribution < 1.29 is 9.84 Å². The third-order valence-electron chi connectivity index (χ3n) is 5.55.